The number of aromatic nitrogens is 1. The lowest BCUT2D eigenvalue weighted by Gasteiger charge is -2.34. The minimum atomic E-state index is -1.16. The van der Waals surface area contributed by atoms with Gasteiger partial charge in [0, 0.05) is 26.4 Å². The van der Waals surface area contributed by atoms with E-state index in [1.807, 2.05) is 13.8 Å². The summed E-state index contributed by atoms with van der Waals surface area (Å²) >= 11 is 0. The molecule has 0 aliphatic rings. The van der Waals surface area contributed by atoms with Gasteiger partial charge in [0.1, 0.15) is 17.4 Å². The Bertz CT molecular complexity index is 754. The van der Waals surface area contributed by atoms with Gasteiger partial charge >= 0.3 is 18.0 Å². The number of rotatable bonds is 7. The van der Waals surface area contributed by atoms with Gasteiger partial charge in [0.05, 0.1) is 5.69 Å². The summed E-state index contributed by atoms with van der Waals surface area (Å²) in [7, 11) is 1.63. The van der Waals surface area contributed by atoms with Gasteiger partial charge in [-0.2, -0.15) is 0 Å². The number of pyridine rings is 1. The normalized spacial score (nSPS) is 13.6. The maximum Gasteiger partial charge on any atom is 0.410 e. The van der Waals surface area contributed by atoms with E-state index >= 15 is 0 Å². The fourth-order valence-corrected chi connectivity index (χ4v) is 2.96. The number of hydrogen-bond donors (Lipinski definition) is 1. The molecule has 1 amide bonds. The predicted molar refractivity (Wildman–Crippen MR) is 108 cm³/mol. The van der Waals surface area contributed by atoms with Crippen LogP contribution in [0, 0.1) is 12.8 Å². The first-order valence-corrected chi connectivity index (χ1v) is 9.56. The molecule has 0 saturated carbocycles. The number of hydrogen-bond acceptors (Lipinski definition) is 6. The number of nitrogens with zero attached hydrogens (tertiary/aromatic N) is 2. The Kier molecular flexibility index (Phi) is 8.17. The molecule has 0 aromatic carbocycles. The first kappa shape index (κ1) is 24.4. The third kappa shape index (κ3) is 7.71. The first-order valence-electron chi connectivity index (χ1n) is 9.56. The third-order valence-corrected chi connectivity index (χ3v) is 4.25. The van der Waals surface area contributed by atoms with Crippen LogP contribution >= 0.6 is 0 Å². The maximum absolute atomic E-state index is 12.5. The molecule has 1 rings (SSSR count). The summed E-state index contributed by atoms with van der Waals surface area (Å²) in [6.45, 7) is 12.3. The van der Waals surface area contributed by atoms with E-state index in [1.165, 1.54) is 17.9 Å². The number of carboxylic acid groups (broad SMARTS) is 1. The molecule has 0 aliphatic carbocycles. The molecule has 1 N–H and O–H groups in total. The molecule has 1 heterocycles. The highest BCUT2D eigenvalue weighted by Gasteiger charge is 2.32. The third-order valence-electron chi connectivity index (χ3n) is 4.25. The quantitative estimate of drug-likeness (QED) is 0.680. The highest BCUT2D eigenvalue weighted by Crippen LogP contribution is 2.28. The zero-order valence-electron chi connectivity index (χ0n) is 18.5. The molecule has 0 radical (unpaired) electrons. The number of amides is 1. The van der Waals surface area contributed by atoms with Gasteiger partial charge in [-0.05, 0) is 51.3 Å². The monoisotopic (exact) mass is 408 g/mol. The van der Waals surface area contributed by atoms with Crippen molar-refractivity contribution < 1.29 is 29.0 Å². The molecule has 0 saturated heterocycles. The molecule has 1 aromatic heterocycles. The summed E-state index contributed by atoms with van der Waals surface area (Å²) in [4.78, 5) is 41.3. The van der Waals surface area contributed by atoms with E-state index in [4.69, 9.17) is 9.47 Å². The number of ether oxygens (including phenoxy) is 2. The first-order chi connectivity index (χ1) is 13.2. The summed E-state index contributed by atoms with van der Waals surface area (Å²) in [6.07, 6.45) is -1.04. The molecule has 8 nitrogen and oxygen atoms in total. The van der Waals surface area contributed by atoms with Crippen LogP contribution in [0.15, 0.2) is 12.1 Å². The van der Waals surface area contributed by atoms with Crippen molar-refractivity contribution in [2.45, 2.75) is 72.6 Å². The molecule has 0 bridgehead atoms. The molecule has 29 heavy (non-hydrogen) atoms. The second-order valence-corrected chi connectivity index (χ2v) is 8.50. The van der Waals surface area contributed by atoms with E-state index < -0.39 is 29.7 Å². The fraction of sp³-hybridized carbons (Fsp3) is 0.619. The van der Waals surface area contributed by atoms with Crippen LogP contribution in [-0.2, 0) is 14.3 Å². The van der Waals surface area contributed by atoms with Gasteiger partial charge in [-0.3, -0.25) is 4.79 Å². The number of carboxylic acids is 1. The highest BCUT2D eigenvalue weighted by molar-refractivity contribution is 5.85. The molecular weight excluding hydrogens is 376 g/mol. The minimum Gasteiger partial charge on any atom is -0.477 e. The lowest BCUT2D eigenvalue weighted by Crippen LogP contribution is -2.44. The molecule has 8 heteroatoms. The topological polar surface area (TPSA) is 106 Å². The maximum atomic E-state index is 12.5. The molecule has 0 spiro atoms. The Morgan fingerprint density at radius 3 is 2.24 bits per heavy atom. The van der Waals surface area contributed by atoms with Crippen LogP contribution < -0.4 is 0 Å². The van der Waals surface area contributed by atoms with Crippen LogP contribution in [-0.4, -0.2) is 51.7 Å². The van der Waals surface area contributed by atoms with Crippen molar-refractivity contribution in [3.05, 3.63) is 29.1 Å². The van der Waals surface area contributed by atoms with Crippen LogP contribution in [0.1, 0.15) is 75.8 Å². The van der Waals surface area contributed by atoms with Gasteiger partial charge in [0.25, 0.3) is 0 Å². The van der Waals surface area contributed by atoms with Gasteiger partial charge in [-0.25, -0.2) is 14.6 Å². The van der Waals surface area contributed by atoms with Gasteiger partial charge in [-0.1, -0.05) is 13.8 Å². The van der Waals surface area contributed by atoms with Gasteiger partial charge in [0.2, 0.25) is 0 Å². The van der Waals surface area contributed by atoms with E-state index in [9.17, 15) is 19.5 Å². The molecular formula is C21H32N2O6. The number of aryl methyl sites for hydroxylation is 1. The van der Waals surface area contributed by atoms with Gasteiger partial charge in [0.15, 0.2) is 0 Å². The molecule has 2 atom stereocenters. The molecule has 0 fully saturated rings. The van der Waals surface area contributed by atoms with Crippen LogP contribution in [0.25, 0.3) is 0 Å². The Hall–Kier alpha value is -2.64. The number of carbonyl (C=O) groups is 3. The fourth-order valence-electron chi connectivity index (χ4n) is 2.96. The smallest absolute Gasteiger partial charge is 0.410 e. The second kappa shape index (κ2) is 9.71. The van der Waals surface area contributed by atoms with Crippen molar-refractivity contribution in [3.63, 3.8) is 0 Å². The van der Waals surface area contributed by atoms with Crippen molar-refractivity contribution >= 4 is 18.0 Å². The van der Waals surface area contributed by atoms with Crippen molar-refractivity contribution in [1.82, 2.24) is 9.88 Å². The second-order valence-electron chi connectivity index (χ2n) is 8.50. The Labute approximate surface area is 172 Å². The number of carbonyl (C=O) groups excluding carboxylic acids is 2. The molecule has 2 unspecified atom stereocenters. The molecule has 1 aromatic rings. The highest BCUT2D eigenvalue weighted by atomic mass is 16.6. The molecule has 162 valence electrons. The summed E-state index contributed by atoms with van der Waals surface area (Å²) in [5.74, 6) is -1.66. The van der Waals surface area contributed by atoms with Crippen molar-refractivity contribution in [2.24, 2.45) is 5.92 Å². The van der Waals surface area contributed by atoms with Crippen molar-refractivity contribution in [2.75, 3.05) is 7.05 Å². The van der Waals surface area contributed by atoms with Crippen LogP contribution in [0.3, 0.4) is 0 Å². The average Bonchev–Trinajstić information content (AvgIpc) is 2.55. The predicted octanol–water partition coefficient (Wildman–Crippen LogP) is 3.97. The minimum absolute atomic E-state index is 0.0225. The van der Waals surface area contributed by atoms with E-state index in [1.54, 1.807) is 40.8 Å². The Morgan fingerprint density at radius 1 is 1.21 bits per heavy atom. The van der Waals surface area contributed by atoms with Gasteiger partial charge < -0.3 is 19.5 Å². The van der Waals surface area contributed by atoms with Gasteiger partial charge in [-0.15, -0.1) is 0 Å². The summed E-state index contributed by atoms with van der Waals surface area (Å²) in [5.41, 5.74) is 0.252. The summed E-state index contributed by atoms with van der Waals surface area (Å²) in [5, 5.41) is 9.30. The lowest BCUT2D eigenvalue weighted by atomic mass is 9.94. The summed E-state index contributed by atoms with van der Waals surface area (Å²) in [6, 6.07) is 2.80. The largest absolute Gasteiger partial charge is 0.477 e. The SMILES string of the molecule is CC(=O)OC(CC(C(C)C)N(C)C(=O)OC(C)(C)C)c1cc(C)cc(C(=O)O)n1. The molecule has 0 aliphatic heterocycles. The van der Waals surface area contributed by atoms with Crippen LogP contribution in [0.4, 0.5) is 4.79 Å². The van der Waals surface area contributed by atoms with E-state index in [-0.39, 0.29) is 24.1 Å². The Morgan fingerprint density at radius 2 is 1.79 bits per heavy atom. The standard InChI is InChI=1S/C21H32N2O6/c1-12(2)17(23(8)20(27)29-21(5,6)7)11-18(28-14(4)24)15-9-13(3)10-16(22-15)19(25)26/h9-10,12,17-18H,11H2,1-8H3,(H,25,26). The zero-order chi connectivity index (χ0) is 22.5. The van der Waals surface area contributed by atoms with E-state index in [2.05, 4.69) is 4.98 Å². The lowest BCUT2D eigenvalue weighted by molar-refractivity contribution is -0.148. The Balaban J connectivity index is 3.24. The van der Waals surface area contributed by atoms with Crippen molar-refractivity contribution in [1.29, 1.82) is 0 Å². The number of esters is 1. The van der Waals surface area contributed by atoms with Crippen molar-refractivity contribution in [3.8, 4) is 0 Å². The van der Waals surface area contributed by atoms with Crippen LogP contribution in [0.2, 0.25) is 0 Å². The number of aromatic carboxylic acids is 1. The van der Waals surface area contributed by atoms with Crippen LogP contribution in [0.5, 0.6) is 0 Å². The zero-order valence-corrected chi connectivity index (χ0v) is 18.5. The average molecular weight is 408 g/mol. The van der Waals surface area contributed by atoms with E-state index in [0.29, 0.717) is 11.3 Å². The summed E-state index contributed by atoms with van der Waals surface area (Å²) < 4.78 is 10.9. The van der Waals surface area contributed by atoms with E-state index in [0.717, 1.165) is 0 Å².